The fourth-order valence-electron chi connectivity index (χ4n) is 2.73. The molecule has 0 radical (unpaired) electrons. The van der Waals surface area contributed by atoms with Crippen LogP contribution in [0, 0.1) is 0 Å². The average Bonchev–Trinajstić information content (AvgIpc) is 2.47. The molecule has 4 heteroatoms. The van der Waals surface area contributed by atoms with E-state index < -0.39 is 0 Å². The summed E-state index contributed by atoms with van der Waals surface area (Å²) in [6, 6.07) is 6.54. The Morgan fingerprint density at radius 2 is 2.16 bits per heavy atom. The number of fused-ring (bicyclic) bond motifs is 1. The standard InChI is InChI=1S/C15H20N2O2/c1-11-2-3-12-10-13(4-5-14(12)16-11)15(18)17-6-8-19-9-7-17/h4-5,10-11,16H,2-3,6-9H2,1H3/t11-/m1/s1. The van der Waals surface area contributed by atoms with Crippen LogP contribution >= 0.6 is 0 Å². The number of anilines is 1. The maximum atomic E-state index is 12.4. The van der Waals surface area contributed by atoms with Gasteiger partial charge in [0.25, 0.3) is 5.91 Å². The number of amides is 1. The summed E-state index contributed by atoms with van der Waals surface area (Å²) in [5, 5.41) is 3.46. The molecular formula is C15H20N2O2. The monoisotopic (exact) mass is 260 g/mol. The number of benzene rings is 1. The Morgan fingerprint density at radius 3 is 2.95 bits per heavy atom. The van der Waals surface area contributed by atoms with Crippen molar-refractivity contribution < 1.29 is 9.53 Å². The van der Waals surface area contributed by atoms with Crippen molar-refractivity contribution >= 4 is 11.6 Å². The van der Waals surface area contributed by atoms with Crippen LogP contribution in [0.5, 0.6) is 0 Å². The van der Waals surface area contributed by atoms with E-state index in [1.165, 1.54) is 11.3 Å². The molecule has 1 fully saturated rings. The molecule has 0 aliphatic carbocycles. The highest BCUT2D eigenvalue weighted by atomic mass is 16.5. The molecule has 2 aliphatic heterocycles. The lowest BCUT2D eigenvalue weighted by Gasteiger charge is -2.28. The highest BCUT2D eigenvalue weighted by Gasteiger charge is 2.21. The number of ether oxygens (including phenoxy) is 1. The van der Waals surface area contributed by atoms with Crippen LogP contribution in [0.2, 0.25) is 0 Å². The van der Waals surface area contributed by atoms with E-state index >= 15 is 0 Å². The molecular weight excluding hydrogens is 240 g/mol. The van der Waals surface area contributed by atoms with Gasteiger partial charge in [-0.3, -0.25) is 4.79 Å². The molecule has 1 aromatic carbocycles. The van der Waals surface area contributed by atoms with Crippen molar-refractivity contribution in [2.45, 2.75) is 25.8 Å². The van der Waals surface area contributed by atoms with Crippen LogP contribution in [0.4, 0.5) is 5.69 Å². The fourth-order valence-corrected chi connectivity index (χ4v) is 2.73. The average molecular weight is 260 g/mol. The second-order valence-electron chi connectivity index (χ2n) is 5.36. The molecule has 1 aromatic rings. The lowest BCUT2D eigenvalue weighted by Crippen LogP contribution is -2.40. The first-order chi connectivity index (χ1) is 9.24. The number of nitrogens with zero attached hydrogens (tertiary/aromatic N) is 1. The summed E-state index contributed by atoms with van der Waals surface area (Å²) < 4.78 is 5.28. The molecule has 1 amide bonds. The van der Waals surface area contributed by atoms with Crippen LogP contribution in [0.15, 0.2) is 18.2 Å². The van der Waals surface area contributed by atoms with Gasteiger partial charge in [-0.25, -0.2) is 0 Å². The predicted molar refractivity (Wildman–Crippen MR) is 74.6 cm³/mol. The van der Waals surface area contributed by atoms with E-state index in [0.29, 0.717) is 32.3 Å². The van der Waals surface area contributed by atoms with Gasteiger partial charge in [-0.2, -0.15) is 0 Å². The predicted octanol–water partition coefficient (Wildman–Crippen LogP) is 1.91. The molecule has 4 nitrogen and oxygen atoms in total. The fraction of sp³-hybridized carbons (Fsp3) is 0.533. The van der Waals surface area contributed by atoms with Crippen LogP contribution in [0.25, 0.3) is 0 Å². The Hall–Kier alpha value is -1.55. The van der Waals surface area contributed by atoms with Crippen molar-refractivity contribution in [3.8, 4) is 0 Å². The van der Waals surface area contributed by atoms with Gasteiger partial charge < -0.3 is 15.0 Å². The zero-order valence-electron chi connectivity index (χ0n) is 11.3. The van der Waals surface area contributed by atoms with E-state index in [4.69, 9.17) is 4.74 Å². The van der Waals surface area contributed by atoms with Gasteiger partial charge in [-0.1, -0.05) is 0 Å². The highest BCUT2D eigenvalue weighted by molar-refractivity contribution is 5.95. The van der Waals surface area contributed by atoms with Crippen LogP contribution in [0.1, 0.15) is 29.3 Å². The van der Waals surface area contributed by atoms with Crippen LogP contribution in [-0.4, -0.2) is 43.2 Å². The largest absolute Gasteiger partial charge is 0.382 e. The quantitative estimate of drug-likeness (QED) is 0.838. The van der Waals surface area contributed by atoms with Gasteiger partial charge >= 0.3 is 0 Å². The molecule has 0 unspecified atom stereocenters. The number of morpholine rings is 1. The van der Waals surface area contributed by atoms with E-state index in [9.17, 15) is 4.79 Å². The molecule has 0 aromatic heterocycles. The Labute approximate surface area is 113 Å². The SMILES string of the molecule is C[C@@H]1CCc2cc(C(=O)N3CCOCC3)ccc2N1. The molecule has 2 aliphatic rings. The number of hydrogen-bond acceptors (Lipinski definition) is 3. The van der Waals surface area contributed by atoms with Crippen molar-refractivity contribution in [2.75, 3.05) is 31.6 Å². The molecule has 1 atom stereocenters. The minimum atomic E-state index is 0.129. The van der Waals surface area contributed by atoms with Crippen molar-refractivity contribution in [3.05, 3.63) is 29.3 Å². The molecule has 0 saturated carbocycles. The smallest absolute Gasteiger partial charge is 0.254 e. The third-order valence-electron chi connectivity index (χ3n) is 3.90. The molecule has 102 valence electrons. The van der Waals surface area contributed by atoms with Crippen molar-refractivity contribution in [3.63, 3.8) is 0 Å². The van der Waals surface area contributed by atoms with Crippen molar-refractivity contribution in [1.82, 2.24) is 4.90 Å². The summed E-state index contributed by atoms with van der Waals surface area (Å²) in [5.74, 6) is 0.129. The summed E-state index contributed by atoms with van der Waals surface area (Å²) in [6.45, 7) is 4.89. The van der Waals surface area contributed by atoms with Gasteiger partial charge in [0.15, 0.2) is 0 Å². The lowest BCUT2D eigenvalue weighted by atomic mass is 9.97. The lowest BCUT2D eigenvalue weighted by molar-refractivity contribution is 0.0303. The third kappa shape index (κ3) is 2.59. The van der Waals surface area contributed by atoms with E-state index in [1.807, 2.05) is 23.1 Å². The van der Waals surface area contributed by atoms with Crippen LogP contribution in [0.3, 0.4) is 0 Å². The number of rotatable bonds is 1. The van der Waals surface area contributed by atoms with Crippen molar-refractivity contribution in [2.24, 2.45) is 0 Å². The van der Waals surface area contributed by atoms with Gasteiger partial charge in [0.05, 0.1) is 13.2 Å². The van der Waals surface area contributed by atoms with Crippen molar-refractivity contribution in [1.29, 1.82) is 0 Å². The molecule has 0 spiro atoms. The zero-order chi connectivity index (χ0) is 13.2. The summed E-state index contributed by atoms with van der Waals surface area (Å²) in [5.41, 5.74) is 3.24. The van der Waals surface area contributed by atoms with Gasteiger partial charge in [0.2, 0.25) is 0 Å². The Bertz CT molecular complexity index is 481. The molecule has 19 heavy (non-hydrogen) atoms. The Kier molecular flexibility index (Phi) is 3.42. The van der Waals surface area contributed by atoms with E-state index in [2.05, 4.69) is 12.2 Å². The van der Waals surface area contributed by atoms with Gasteiger partial charge in [0.1, 0.15) is 0 Å². The summed E-state index contributed by atoms with van der Waals surface area (Å²) in [7, 11) is 0. The maximum Gasteiger partial charge on any atom is 0.254 e. The Balaban J connectivity index is 1.79. The maximum absolute atomic E-state index is 12.4. The summed E-state index contributed by atoms with van der Waals surface area (Å²) in [6.07, 6.45) is 2.18. The Morgan fingerprint density at radius 1 is 1.37 bits per heavy atom. The summed E-state index contributed by atoms with van der Waals surface area (Å²) in [4.78, 5) is 14.3. The molecule has 1 N–H and O–H groups in total. The number of hydrogen-bond donors (Lipinski definition) is 1. The van der Waals surface area contributed by atoms with Gasteiger partial charge in [-0.15, -0.1) is 0 Å². The number of carbonyl (C=O) groups excluding carboxylic acids is 1. The molecule has 2 heterocycles. The van der Waals surface area contributed by atoms with Gasteiger partial charge in [0, 0.05) is 30.4 Å². The minimum absolute atomic E-state index is 0.129. The first-order valence-electron chi connectivity index (χ1n) is 7.00. The van der Waals surface area contributed by atoms with E-state index in [0.717, 1.165) is 18.4 Å². The minimum Gasteiger partial charge on any atom is -0.382 e. The first kappa shape index (κ1) is 12.5. The molecule has 0 bridgehead atoms. The second kappa shape index (κ2) is 5.21. The van der Waals surface area contributed by atoms with E-state index in [1.54, 1.807) is 0 Å². The van der Waals surface area contributed by atoms with Crippen LogP contribution < -0.4 is 5.32 Å². The molecule has 3 rings (SSSR count). The second-order valence-corrected chi connectivity index (χ2v) is 5.36. The first-order valence-corrected chi connectivity index (χ1v) is 7.00. The topological polar surface area (TPSA) is 41.6 Å². The van der Waals surface area contributed by atoms with Crippen LogP contribution in [-0.2, 0) is 11.2 Å². The number of aryl methyl sites for hydroxylation is 1. The summed E-state index contributed by atoms with van der Waals surface area (Å²) >= 11 is 0. The normalized spacial score (nSPS) is 22.6. The third-order valence-corrected chi connectivity index (χ3v) is 3.90. The molecule has 1 saturated heterocycles. The van der Waals surface area contributed by atoms with E-state index in [-0.39, 0.29) is 5.91 Å². The number of nitrogens with one attached hydrogen (secondary N) is 1. The zero-order valence-corrected chi connectivity index (χ0v) is 11.3. The van der Waals surface area contributed by atoms with Gasteiger partial charge in [-0.05, 0) is 43.5 Å². The number of carbonyl (C=O) groups is 1. The highest BCUT2D eigenvalue weighted by Crippen LogP contribution is 2.26.